The molecule has 0 aromatic heterocycles. The number of hydrogen-bond acceptors (Lipinski definition) is 3. The van der Waals surface area contributed by atoms with Crippen LogP contribution < -0.4 is 10.6 Å². The van der Waals surface area contributed by atoms with E-state index in [1.54, 1.807) is 0 Å². The van der Waals surface area contributed by atoms with E-state index < -0.39 is 0 Å². The van der Waals surface area contributed by atoms with Gasteiger partial charge in [-0.15, -0.1) is 0 Å². The van der Waals surface area contributed by atoms with Crippen LogP contribution in [0.1, 0.15) is 13.8 Å². The van der Waals surface area contributed by atoms with Crippen LogP contribution in [-0.4, -0.2) is 30.8 Å². The van der Waals surface area contributed by atoms with Crippen LogP contribution in [-0.2, 0) is 4.79 Å². The first kappa shape index (κ1) is 10.8. The van der Waals surface area contributed by atoms with Gasteiger partial charge in [-0.05, 0) is 0 Å². The molecule has 0 saturated carbocycles. The Bertz CT molecular complexity index is 117. The van der Waals surface area contributed by atoms with Crippen molar-refractivity contribution in [1.82, 2.24) is 10.6 Å². The molecule has 0 fully saturated rings. The second kappa shape index (κ2) is 6.49. The Hall–Kier alpha value is -0.220. The standard InChI is InChI=1S/C7H16N2OS/c1-6(2)8-3-4-9-7(10)5-11/h6,8,11H,3-5H2,1-2H3,(H,9,10). The third-order valence-electron chi connectivity index (χ3n) is 1.14. The molecule has 0 radical (unpaired) electrons. The molecule has 0 atom stereocenters. The molecule has 1 amide bonds. The lowest BCUT2D eigenvalue weighted by molar-refractivity contribution is -0.118. The summed E-state index contributed by atoms with van der Waals surface area (Å²) in [7, 11) is 0. The van der Waals surface area contributed by atoms with Gasteiger partial charge >= 0.3 is 0 Å². The molecule has 0 rings (SSSR count). The highest BCUT2D eigenvalue weighted by Crippen LogP contribution is 1.74. The minimum atomic E-state index is -0.0149. The average molecular weight is 176 g/mol. The van der Waals surface area contributed by atoms with Gasteiger partial charge in [0.25, 0.3) is 0 Å². The minimum Gasteiger partial charge on any atom is -0.354 e. The number of hydrogen-bond donors (Lipinski definition) is 3. The van der Waals surface area contributed by atoms with E-state index in [0.717, 1.165) is 6.54 Å². The van der Waals surface area contributed by atoms with Crippen molar-refractivity contribution in [2.24, 2.45) is 0 Å². The van der Waals surface area contributed by atoms with E-state index in [-0.39, 0.29) is 11.7 Å². The summed E-state index contributed by atoms with van der Waals surface area (Å²) >= 11 is 3.83. The molecule has 11 heavy (non-hydrogen) atoms. The number of carbonyl (C=O) groups is 1. The van der Waals surface area contributed by atoms with Crippen LogP contribution in [0.15, 0.2) is 0 Å². The lowest BCUT2D eigenvalue weighted by Crippen LogP contribution is -2.35. The number of thiol groups is 1. The Kier molecular flexibility index (Phi) is 6.36. The summed E-state index contributed by atoms with van der Waals surface area (Å²) in [6.07, 6.45) is 0. The molecule has 0 aromatic rings. The van der Waals surface area contributed by atoms with Gasteiger partial charge < -0.3 is 10.6 Å². The van der Waals surface area contributed by atoms with Gasteiger partial charge in [-0.25, -0.2) is 0 Å². The molecule has 0 unspecified atom stereocenters. The maximum atomic E-state index is 10.6. The van der Waals surface area contributed by atoms with Crippen molar-refractivity contribution in [3.8, 4) is 0 Å². The third kappa shape index (κ3) is 7.68. The van der Waals surface area contributed by atoms with Gasteiger partial charge in [0.05, 0.1) is 5.75 Å². The summed E-state index contributed by atoms with van der Waals surface area (Å²) in [5.74, 6) is 0.251. The Morgan fingerprint density at radius 1 is 1.45 bits per heavy atom. The first-order valence-electron chi connectivity index (χ1n) is 3.77. The summed E-state index contributed by atoms with van der Waals surface area (Å²) in [5.41, 5.74) is 0. The van der Waals surface area contributed by atoms with Crippen LogP contribution in [0.4, 0.5) is 0 Å². The maximum absolute atomic E-state index is 10.6. The lowest BCUT2D eigenvalue weighted by Gasteiger charge is -2.07. The lowest BCUT2D eigenvalue weighted by atomic mass is 10.4. The summed E-state index contributed by atoms with van der Waals surface area (Å²) in [6.45, 7) is 5.63. The van der Waals surface area contributed by atoms with Crippen LogP contribution in [0, 0.1) is 0 Å². The Morgan fingerprint density at radius 2 is 2.09 bits per heavy atom. The number of amides is 1. The highest BCUT2D eigenvalue weighted by molar-refractivity contribution is 7.81. The van der Waals surface area contributed by atoms with Crippen LogP contribution in [0.25, 0.3) is 0 Å². The fraction of sp³-hybridized carbons (Fsp3) is 0.857. The van der Waals surface area contributed by atoms with Gasteiger partial charge in [0.1, 0.15) is 0 Å². The molecule has 0 heterocycles. The monoisotopic (exact) mass is 176 g/mol. The van der Waals surface area contributed by atoms with Gasteiger partial charge in [0.2, 0.25) is 5.91 Å². The highest BCUT2D eigenvalue weighted by atomic mass is 32.1. The van der Waals surface area contributed by atoms with Crippen molar-refractivity contribution >= 4 is 18.5 Å². The quantitative estimate of drug-likeness (QED) is 0.409. The van der Waals surface area contributed by atoms with Gasteiger partial charge in [0.15, 0.2) is 0 Å². The van der Waals surface area contributed by atoms with Crippen LogP contribution >= 0.6 is 12.6 Å². The van der Waals surface area contributed by atoms with E-state index in [1.165, 1.54) is 0 Å². The average Bonchev–Trinajstić information content (AvgIpc) is 1.97. The van der Waals surface area contributed by atoms with E-state index >= 15 is 0 Å². The molecule has 0 aromatic carbocycles. The Morgan fingerprint density at radius 3 is 2.55 bits per heavy atom. The van der Waals surface area contributed by atoms with Crippen LogP contribution in [0.5, 0.6) is 0 Å². The van der Waals surface area contributed by atoms with Crippen molar-refractivity contribution in [2.75, 3.05) is 18.8 Å². The third-order valence-corrected chi connectivity index (χ3v) is 1.43. The smallest absolute Gasteiger partial charge is 0.229 e. The molecule has 4 heteroatoms. The second-order valence-corrected chi connectivity index (χ2v) is 2.93. The minimum absolute atomic E-state index is 0.0149. The molecule has 0 aliphatic carbocycles. The largest absolute Gasteiger partial charge is 0.354 e. The summed E-state index contributed by atoms with van der Waals surface area (Å²) < 4.78 is 0. The molecule has 2 N–H and O–H groups in total. The number of nitrogens with one attached hydrogen (secondary N) is 2. The Balaban J connectivity index is 3.08. The molecule has 0 bridgehead atoms. The van der Waals surface area contributed by atoms with Gasteiger partial charge in [-0.3, -0.25) is 4.79 Å². The summed E-state index contributed by atoms with van der Waals surface area (Å²) in [5, 5.41) is 5.90. The SMILES string of the molecule is CC(C)NCCNC(=O)CS. The van der Waals surface area contributed by atoms with Crippen molar-refractivity contribution in [3.63, 3.8) is 0 Å². The fourth-order valence-electron chi connectivity index (χ4n) is 0.619. The molecule has 0 spiro atoms. The van der Waals surface area contributed by atoms with Gasteiger partial charge in [-0.1, -0.05) is 13.8 Å². The number of rotatable bonds is 5. The highest BCUT2D eigenvalue weighted by Gasteiger charge is 1.95. The predicted molar refractivity (Wildman–Crippen MR) is 50.0 cm³/mol. The zero-order valence-corrected chi connectivity index (χ0v) is 7.95. The fourth-order valence-corrected chi connectivity index (χ4v) is 0.730. The topological polar surface area (TPSA) is 41.1 Å². The van der Waals surface area contributed by atoms with Crippen molar-refractivity contribution in [3.05, 3.63) is 0 Å². The second-order valence-electron chi connectivity index (χ2n) is 2.62. The maximum Gasteiger partial charge on any atom is 0.229 e. The van der Waals surface area contributed by atoms with Crippen molar-refractivity contribution < 1.29 is 4.79 Å². The van der Waals surface area contributed by atoms with Crippen molar-refractivity contribution in [2.45, 2.75) is 19.9 Å². The van der Waals surface area contributed by atoms with Crippen LogP contribution in [0.3, 0.4) is 0 Å². The van der Waals surface area contributed by atoms with Crippen molar-refractivity contribution in [1.29, 1.82) is 0 Å². The molecule has 66 valence electrons. The van der Waals surface area contributed by atoms with Crippen LogP contribution in [0.2, 0.25) is 0 Å². The molecule has 3 nitrogen and oxygen atoms in total. The zero-order valence-electron chi connectivity index (χ0n) is 7.05. The molecule has 0 saturated heterocycles. The zero-order chi connectivity index (χ0) is 8.69. The molecule has 0 aliphatic rings. The van der Waals surface area contributed by atoms with E-state index in [4.69, 9.17) is 0 Å². The van der Waals surface area contributed by atoms with E-state index in [9.17, 15) is 4.79 Å². The number of carbonyl (C=O) groups excluding carboxylic acids is 1. The molecular weight excluding hydrogens is 160 g/mol. The molecule has 0 aliphatic heterocycles. The molecular formula is C7H16N2OS. The van der Waals surface area contributed by atoms with E-state index in [2.05, 4.69) is 37.1 Å². The van der Waals surface area contributed by atoms with Gasteiger partial charge in [-0.2, -0.15) is 12.6 Å². The first-order chi connectivity index (χ1) is 5.16. The van der Waals surface area contributed by atoms with E-state index in [0.29, 0.717) is 12.6 Å². The van der Waals surface area contributed by atoms with E-state index in [1.807, 2.05) is 0 Å². The first-order valence-corrected chi connectivity index (χ1v) is 4.41. The normalized spacial score (nSPS) is 10.2. The Labute approximate surface area is 73.3 Å². The predicted octanol–water partition coefficient (Wildman–Crippen LogP) is 0.0304. The summed E-state index contributed by atoms with van der Waals surface area (Å²) in [6, 6.07) is 0.475. The van der Waals surface area contributed by atoms with Gasteiger partial charge in [0, 0.05) is 19.1 Å². The summed E-state index contributed by atoms with van der Waals surface area (Å²) in [4.78, 5) is 10.6.